The number of piperidine rings is 1. The summed E-state index contributed by atoms with van der Waals surface area (Å²) in [7, 11) is -3.58. The molecule has 0 unspecified atom stereocenters. The molecule has 11 heteroatoms. The minimum Gasteiger partial charge on any atom is -0.459 e. The van der Waals surface area contributed by atoms with Gasteiger partial charge in [0, 0.05) is 38.3 Å². The SMILES string of the molecule is O=C1CCCC(=O)N1CCS(=O)(=O)N1CC[C@@H](Oc2ncc(Br)cn2)C1. The van der Waals surface area contributed by atoms with Gasteiger partial charge in [-0.05, 0) is 28.8 Å². The molecule has 0 bridgehead atoms. The molecule has 0 aromatic carbocycles. The molecule has 1 aromatic rings. The molecular weight excluding hydrogens is 428 g/mol. The molecule has 142 valence electrons. The van der Waals surface area contributed by atoms with E-state index in [4.69, 9.17) is 4.74 Å². The number of imide groups is 1. The van der Waals surface area contributed by atoms with Crippen LogP contribution in [0.15, 0.2) is 16.9 Å². The topological polar surface area (TPSA) is 110 Å². The maximum atomic E-state index is 12.5. The lowest BCUT2D eigenvalue weighted by Crippen LogP contribution is -2.44. The Morgan fingerprint density at radius 1 is 1.19 bits per heavy atom. The second-order valence-electron chi connectivity index (χ2n) is 6.18. The zero-order chi connectivity index (χ0) is 18.7. The first-order valence-corrected chi connectivity index (χ1v) is 10.7. The Labute approximate surface area is 159 Å². The first-order chi connectivity index (χ1) is 12.3. The summed E-state index contributed by atoms with van der Waals surface area (Å²) in [5.74, 6) is -0.871. The molecule has 0 radical (unpaired) electrons. The molecule has 3 rings (SSSR count). The van der Waals surface area contributed by atoms with Crippen LogP contribution in [0.25, 0.3) is 0 Å². The zero-order valence-electron chi connectivity index (χ0n) is 14.0. The Kier molecular flexibility index (Phi) is 5.88. The minimum atomic E-state index is -3.58. The molecule has 0 spiro atoms. The molecule has 2 aliphatic rings. The van der Waals surface area contributed by atoms with Crippen LogP contribution < -0.4 is 4.74 Å². The molecule has 0 aliphatic carbocycles. The summed E-state index contributed by atoms with van der Waals surface area (Å²) in [6.45, 7) is 0.424. The van der Waals surface area contributed by atoms with Crippen LogP contribution in [0.1, 0.15) is 25.7 Å². The summed E-state index contributed by atoms with van der Waals surface area (Å²) < 4.78 is 32.7. The third-order valence-electron chi connectivity index (χ3n) is 4.33. The number of likely N-dealkylation sites (tertiary alicyclic amines) is 1. The van der Waals surface area contributed by atoms with E-state index in [0.29, 0.717) is 32.2 Å². The van der Waals surface area contributed by atoms with Crippen LogP contribution in [0.4, 0.5) is 0 Å². The van der Waals surface area contributed by atoms with Crippen LogP contribution in [0.3, 0.4) is 0 Å². The Hall–Kier alpha value is -1.59. The normalized spacial score (nSPS) is 22.0. The van der Waals surface area contributed by atoms with Crippen molar-refractivity contribution in [3.05, 3.63) is 16.9 Å². The number of aromatic nitrogens is 2. The van der Waals surface area contributed by atoms with Crippen molar-refractivity contribution in [2.24, 2.45) is 0 Å². The minimum absolute atomic E-state index is 0.0994. The number of sulfonamides is 1. The van der Waals surface area contributed by atoms with Crippen LogP contribution in [-0.4, -0.2) is 70.9 Å². The second kappa shape index (κ2) is 7.97. The number of nitrogens with zero attached hydrogens (tertiary/aromatic N) is 4. The van der Waals surface area contributed by atoms with Crippen molar-refractivity contribution in [3.63, 3.8) is 0 Å². The summed E-state index contributed by atoms with van der Waals surface area (Å²) in [4.78, 5) is 32.6. The maximum Gasteiger partial charge on any atom is 0.316 e. The summed E-state index contributed by atoms with van der Waals surface area (Å²) in [6, 6.07) is 0.196. The van der Waals surface area contributed by atoms with Gasteiger partial charge in [0.05, 0.1) is 16.8 Å². The van der Waals surface area contributed by atoms with Crippen LogP contribution in [0.5, 0.6) is 6.01 Å². The quantitative estimate of drug-likeness (QED) is 0.587. The Morgan fingerprint density at radius 3 is 2.50 bits per heavy atom. The fraction of sp³-hybridized carbons (Fsp3) is 0.600. The number of amides is 2. The van der Waals surface area contributed by atoms with Crippen molar-refractivity contribution in [2.45, 2.75) is 31.8 Å². The van der Waals surface area contributed by atoms with Gasteiger partial charge in [0.15, 0.2) is 0 Å². The largest absolute Gasteiger partial charge is 0.459 e. The number of carbonyl (C=O) groups is 2. The van der Waals surface area contributed by atoms with E-state index in [2.05, 4.69) is 25.9 Å². The van der Waals surface area contributed by atoms with E-state index in [9.17, 15) is 18.0 Å². The predicted molar refractivity (Wildman–Crippen MR) is 94.7 cm³/mol. The third-order valence-corrected chi connectivity index (χ3v) is 6.55. The fourth-order valence-electron chi connectivity index (χ4n) is 2.94. The third kappa shape index (κ3) is 4.57. The van der Waals surface area contributed by atoms with Crippen molar-refractivity contribution in [1.29, 1.82) is 0 Å². The highest BCUT2D eigenvalue weighted by atomic mass is 79.9. The summed E-state index contributed by atoms with van der Waals surface area (Å²) in [5.41, 5.74) is 0. The molecule has 1 aromatic heterocycles. The van der Waals surface area contributed by atoms with Crippen LogP contribution >= 0.6 is 15.9 Å². The highest BCUT2D eigenvalue weighted by Crippen LogP contribution is 2.20. The van der Waals surface area contributed by atoms with Crippen LogP contribution in [0.2, 0.25) is 0 Å². The van der Waals surface area contributed by atoms with E-state index in [1.54, 1.807) is 12.4 Å². The number of hydrogen-bond donors (Lipinski definition) is 0. The highest BCUT2D eigenvalue weighted by molar-refractivity contribution is 9.10. The predicted octanol–water partition coefficient (Wildman–Crippen LogP) is 0.561. The first-order valence-electron chi connectivity index (χ1n) is 8.30. The van der Waals surface area contributed by atoms with Crippen molar-refractivity contribution < 1.29 is 22.7 Å². The van der Waals surface area contributed by atoms with Crippen LogP contribution in [-0.2, 0) is 19.6 Å². The molecule has 2 fully saturated rings. The second-order valence-corrected chi connectivity index (χ2v) is 9.18. The molecule has 2 aliphatic heterocycles. The van der Waals surface area contributed by atoms with E-state index in [-0.39, 0.29) is 42.8 Å². The van der Waals surface area contributed by atoms with Crippen molar-refractivity contribution in [3.8, 4) is 6.01 Å². The van der Waals surface area contributed by atoms with E-state index in [0.717, 1.165) is 9.37 Å². The number of carbonyl (C=O) groups excluding carboxylic acids is 2. The monoisotopic (exact) mass is 446 g/mol. The van der Waals surface area contributed by atoms with E-state index < -0.39 is 10.0 Å². The molecule has 0 N–H and O–H groups in total. The first kappa shape index (κ1) is 19.2. The van der Waals surface area contributed by atoms with Crippen LogP contribution in [0, 0.1) is 0 Å². The number of rotatable bonds is 6. The zero-order valence-corrected chi connectivity index (χ0v) is 16.4. The van der Waals surface area contributed by atoms with Crippen molar-refractivity contribution in [2.75, 3.05) is 25.4 Å². The lowest BCUT2D eigenvalue weighted by atomic mass is 10.1. The lowest BCUT2D eigenvalue weighted by molar-refractivity contribution is -0.147. The molecule has 9 nitrogen and oxygen atoms in total. The van der Waals surface area contributed by atoms with Crippen molar-refractivity contribution >= 4 is 37.8 Å². The van der Waals surface area contributed by atoms with Gasteiger partial charge in [0.25, 0.3) is 0 Å². The van der Waals surface area contributed by atoms with Gasteiger partial charge in [-0.2, -0.15) is 4.31 Å². The van der Waals surface area contributed by atoms with Gasteiger partial charge in [0.2, 0.25) is 21.8 Å². The average Bonchev–Trinajstić information content (AvgIpc) is 3.06. The highest BCUT2D eigenvalue weighted by Gasteiger charge is 2.34. The average molecular weight is 447 g/mol. The van der Waals surface area contributed by atoms with Gasteiger partial charge < -0.3 is 4.74 Å². The summed E-state index contributed by atoms with van der Waals surface area (Å²) in [6.07, 6.45) is 4.42. The lowest BCUT2D eigenvalue weighted by Gasteiger charge is -2.25. The molecule has 2 amide bonds. The molecule has 1 atom stereocenters. The van der Waals surface area contributed by atoms with Gasteiger partial charge >= 0.3 is 6.01 Å². The van der Waals surface area contributed by atoms with Gasteiger partial charge in [-0.1, -0.05) is 0 Å². The maximum absolute atomic E-state index is 12.5. The summed E-state index contributed by atoms with van der Waals surface area (Å²) in [5, 5.41) is 0. The van der Waals surface area contributed by atoms with Crippen molar-refractivity contribution in [1.82, 2.24) is 19.2 Å². The Morgan fingerprint density at radius 2 is 1.85 bits per heavy atom. The Balaban J connectivity index is 1.54. The van der Waals surface area contributed by atoms with Gasteiger partial charge in [-0.25, -0.2) is 18.4 Å². The number of ether oxygens (including phenoxy) is 1. The standard InChI is InChI=1S/C15H19BrN4O5S/c16-11-8-17-15(18-9-11)25-12-4-5-19(10-12)26(23,24)7-6-20-13(21)2-1-3-14(20)22/h8-9,12H,1-7,10H2/t12-/m1/s1. The molecular formula is C15H19BrN4O5S. The molecule has 3 heterocycles. The molecule has 0 saturated carbocycles. The number of hydrogen-bond acceptors (Lipinski definition) is 7. The molecule has 2 saturated heterocycles. The number of halogens is 1. The van der Waals surface area contributed by atoms with E-state index in [1.165, 1.54) is 4.31 Å². The van der Waals surface area contributed by atoms with E-state index >= 15 is 0 Å². The van der Waals surface area contributed by atoms with Gasteiger partial charge in [-0.15, -0.1) is 0 Å². The van der Waals surface area contributed by atoms with Gasteiger partial charge in [0.1, 0.15) is 6.10 Å². The van der Waals surface area contributed by atoms with E-state index in [1.807, 2.05) is 0 Å². The fourth-order valence-corrected chi connectivity index (χ4v) is 4.60. The molecule has 26 heavy (non-hydrogen) atoms. The summed E-state index contributed by atoms with van der Waals surface area (Å²) >= 11 is 3.23. The van der Waals surface area contributed by atoms with Gasteiger partial charge in [-0.3, -0.25) is 14.5 Å². The smallest absolute Gasteiger partial charge is 0.316 e. The Bertz CT molecular complexity index is 770.